The monoisotopic (exact) mass is 468 g/mol. The van der Waals surface area contributed by atoms with Crippen LogP contribution in [0.2, 0.25) is 0 Å². The van der Waals surface area contributed by atoms with E-state index in [9.17, 15) is 9.59 Å². The second-order valence-electron chi connectivity index (χ2n) is 8.58. The Morgan fingerprint density at radius 1 is 1.12 bits per heavy atom. The number of likely N-dealkylation sites (tertiary alicyclic amines) is 1. The van der Waals surface area contributed by atoms with Crippen molar-refractivity contribution < 1.29 is 19.1 Å². The Morgan fingerprint density at radius 2 is 1.88 bits per heavy atom. The van der Waals surface area contributed by atoms with E-state index in [4.69, 9.17) is 9.47 Å². The molecule has 10 nitrogen and oxygen atoms in total. The zero-order chi connectivity index (χ0) is 24.1. The van der Waals surface area contributed by atoms with Gasteiger partial charge in [0.2, 0.25) is 5.91 Å². The van der Waals surface area contributed by atoms with Gasteiger partial charge in [-0.05, 0) is 44.0 Å². The number of carbonyl (C=O) groups is 2. The number of urea groups is 1. The average molecular weight is 469 g/mol. The number of anilines is 2. The summed E-state index contributed by atoms with van der Waals surface area (Å²) in [5, 5.41) is 0. The SMILES string of the molecule is CCOc1ccc(N2CCN(CC(=O)N3CCCC(Oc4nccnc4N(C)C)C3)C2=O)cc1. The van der Waals surface area contributed by atoms with E-state index < -0.39 is 0 Å². The first-order chi connectivity index (χ1) is 16.5. The van der Waals surface area contributed by atoms with Crippen LogP contribution in [-0.2, 0) is 4.79 Å². The highest BCUT2D eigenvalue weighted by atomic mass is 16.5. The molecule has 0 N–H and O–H groups in total. The molecular formula is C24H32N6O4. The van der Waals surface area contributed by atoms with Gasteiger partial charge in [-0.3, -0.25) is 9.69 Å². The first-order valence-corrected chi connectivity index (χ1v) is 11.7. The summed E-state index contributed by atoms with van der Waals surface area (Å²) in [6.45, 7) is 4.77. The average Bonchev–Trinajstić information content (AvgIpc) is 3.20. The molecule has 2 saturated heterocycles. The summed E-state index contributed by atoms with van der Waals surface area (Å²) in [5.41, 5.74) is 0.801. The van der Waals surface area contributed by atoms with Gasteiger partial charge >= 0.3 is 6.03 Å². The Kier molecular flexibility index (Phi) is 7.34. The summed E-state index contributed by atoms with van der Waals surface area (Å²) in [6.07, 6.45) is 4.73. The van der Waals surface area contributed by atoms with Gasteiger partial charge in [0.1, 0.15) is 18.4 Å². The summed E-state index contributed by atoms with van der Waals surface area (Å²) < 4.78 is 11.6. The van der Waals surface area contributed by atoms with E-state index in [1.54, 1.807) is 27.1 Å². The fraction of sp³-hybridized carbons (Fsp3) is 0.500. The van der Waals surface area contributed by atoms with E-state index in [0.717, 1.165) is 24.3 Å². The number of ether oxygens (including phenoxy) is 2. The molecule has 34 heavy (non-hydrogen) atoms. The van der Waals surface area contributed by atoms with Crippen LogP contribution in [0.3, 0.4) is 0 Å². The lowest BCUT2D eigenvalue weighted by Crippen LogP contribution is -2.48. The summed E-state index contributed by atoms with van der Waals surface area (Å²) in [7, 11) is 3.77. The molecule has 1 atom stereocenters. The third kappa shape index (κ3) is 5.32. The summed E-state index contributed by atoms with van der Waals surface area (Å²) in [5.74, 6) is 1.82. The molecular weight excluding hydrogens is 436 g/mol. The maximum absolute atomic E-state index is 13.0. The minimum Gasteiger partial charge on any atom is -0.494 e. The molecule has 1 aromatic heterocycles. The zero-order valence-corrected chi connectivity index (χ0v) is 20.0. The van der Waals surface area contributed by atoms with E-state index in [2.05, 4.69) is 9.97 Å². The van der Waals surface area contributed by atoms with Crippen molar-refractivity contribution in [3.8, 4) is 11.6 Å². The maximum Gasteiger partial charge on any atom is 0.325 e. The number of carbonyl (C=O) groups excluding carboxylic acids is 2. The molecule has 4 rings (SSSR count). The standard InChI is InChI=1S/C24H32N6O4/c1-4-33-19-9-7-18(8-10-19)30-15-14-29(24(30)32)17-21(31)28-13-5-6-20(16-28)34-23-22(27(2)3)25-11-12-26-23/h7-12,20H,4-6,13-17H2,1-3H3. The first kappa shape index (κ1) is 23.6. The fourth-order valence-corrected chi connectivity index (χ4v) is 4.25. The molecule has 10 heteroatoms. The second kappa shape index (κ2) is 10.6. The molecule has 0 saturated carbocycles. The van der Waals surface area contributed by atoms with Gasteiger partial charge in [-0.15, -0.1) is 0 Å². The zero-order valence-electron chi connectivity index (χ0n) is 20.0. The smallest absolute Gasteiger partial charge is 0.325 e. The van der Waals surface area contributed by atoms with Crippen LogP contribution in [0.1, 0.15) is 19.8 Å². The number of benzene rings is 1. The molecule has 182 valence electrons. The third-order valence-electron chi connectivity index (χ3n) is 5.96. The molecule has 3 amide bonds. The van der Waals surface area contributed by atoms with Crippen LogP contribution in [0.5, 0.6) is 11.6 Å². The molecule has 0 bridgehead atoms. The van der Waals surface area contributed by atoms with E-state index in [-0.39, 0.29) is 24.6 Å². The van der Waals surface area contributed by atoms with E-state index in [1.807, 2.05) is 50.2 Å². The summed E-state index contributed by atoms with van der Waals surface area (Å²) in [4.78, 5) is 41.6. The number of piperidine rings is 1. The Balaban J connectivity index is 1.33. The first-order valence-electron chi connectivity index (χ1n) is 11.7. The van der Waals surface area contributed by atoms with Crippen LogP contribution >= 0.6 is 0 Å². The minimum absolute atomic E-state index is 0.0627. The number of nitrogens with zero attached hydrogens (tertiary/aromatic N) is 6. The Bertz CT molecular complexity index is 999. The highest BCUT2D eigenvalue weighted by Gasteiger charge is 2.33. The predicted octanol–water partition coefficient (Wildman–Crippen LogP) is 2.25. The molecule has 2 aliphatic rings. The molecule has 2 fully saturated rings. The van der Waals surface area contributed by atoms with Gasteiger partial charge in [0.15, 0.2) is 5.82 Å². The normalized spacial score (nSPS) is 18.3. The lowest BCUT2D eigenvalue weighted by Gasteiger charge is -2.34. The van der Waals surface area contributed by atoms with Gasteiger partial charge in [-0.2, -0.15) is 0 Å². The van der Waals surface area contributed by atoms with Gasteiger partial charge in [-0.25, -0.2) is 14.8 Å². The fourth-order valence-electron chi connectivity index (χ4n) is 4.25. The Morgan fingerprint density at radius 3 is 2.62 bits per heavy atom. The van der Waals surface area contributed by atoms with Crippen LogP contribution in [0.25, 0.3) is 0 Å². The van der Waals surface area contributed by atoms with Crippen LogP contribution in [0, 0.1) is 0 Å². The van der Waals surface area contributed by atoms with E-state index in [0.29, 0.717) is 44.5 Å². The Labute approximate surface area is 200 Å². The highest BCUT2D eigenvalue weighted by Crippen LogP contribution is 2.25. The number of hydrogen-bond donors (Lipinski definition) is 0. The minimum atomic E-state index is -0.164. The molecule has 0 radical (unpaired) electrons. The highest BCUT2D eigenvalue weighted by molar-refractivity contribution is 5.96. The summed E-state index contributed by atoms with van der Waals surface area (Å²) in [6, 6.07) is 7.29. The largest absolute Gasteiger partial charge is 0.494 e. The summed E-state index contributed by atoms with van der Waals surface area (Å²) >= 11 is 0. The number of rotatable bonds is 8. The molecule has 3 heterocycles. The molecule has 1 unspecified atom stereocenters. The van der Waals surface area contributed by atoms with E-state index >= 15 is 0 Å². The van der Waals surface area contributed by atoms with Crippen molar-refractivity contribution in [1.29, 1.82) is 0 Å². The molecule has 0 spiro atoms. The predicted molar refractivity (Wildman–Crippen MR) is 129 cm³/mol. The van der Waals surface area contributed by atoms with Crippen molar-refractivity contribution in [3.63, 3.8) is 0 Å². The van der Waals surface area contributed by atoms with Gasteiger partial charge in [0.05, 0.1) is 13.2 Å². The number of amides is 3. The van der Waals surface area contributed by atoms with Crippen LogP contribution < -0.4 is 19.3 Å². The van der Waals surface area contributed by atoms with Crippen molar-refractivity contribution in [1.82, 2.24) is 19.8 Å². The van der Waals surface area contributed by atoms with Crippen molar-refractivity contribution >= 4 is 23.4 Å². The van der Waals surface area contributed by atoms with Gasteiger partial charge in [-0.1, -0.05) is 0 Å². The van der Waals surface area contributed by atoms with E-state index in [1.165, 1.54) is 0 Å². The van der Waals surface area contributed by atoms with Gasteiger partial charge in [0.25, 0.3) is 5.88 Å². The van der Waals surface area contributed by atoms with Crippen LogP contribution in [-0.4, -0.2) is 91.2 Å². The molecule has 1 aromatic carbocycles. The lowest BCUT2D eigenvalue weighted by atomic mass is 10.1. The lowest BCUT2D eigenvalue weighted by molar-refractivity contribution is -0.134. The maximum atomic E-state index is 13.0. The Hall–Kier alpha value is -3.56. The molecule has 2 aliphatic heterocycles. The van der Waals surface area contributed by atoms with Crippen LogP contribution in [0.4, 0.5) is 16.3 Å². The number of hydrogen-bond acceptors (Lipinski definition) is 7. The van der Waals surface area contributed by atoms with Crippen LogP contribution in [0.15, 0.2) is 36.7 Å². The van der Waals surface area contributed by atoms with Crippen molar-refractivity contribution in [2.45, 2.75) is 25.9 Å². The van der Waals surface area contributed by atoms with Crippen molar-refractivity contribution in [2.24, 2.45) is 0 Å². The topological polar surface area (TPSA) is 91.3 Å². The molecule has 0 aliphatic carbocycles. The van der Waals surface area contributed by atoms with Crippen molar-refractivity contribution in [2.75, 3.05) is 63.2 Å². The second-order valence-corrected chi connectivity index (χ2v) is 8.58. The third-order valence-corrected chi connectivity index (χ3v) is 5.96. The quantitative estimate of drug-likeness (QED) is 0.587. The van der Waals surface area contributed by atoms with Gasteiger partial charge < -0.3 is 24.2 Å². The number of aromatic nitrogens is 2. The molecule has 2 aromatic rings. The van der Waals surface area contributed by atoms with Crippen molar-refractivity contribution in [3.05, 3.63) is 36.7 Å². The van der Waals surface area contributed by atoms with Gasteiger partial charge in [0, 0.05) is 51.8 Å².